The molecule has 2 aromatic carbocycles. The third-order valence-electron chi connectivity index (χ3n) is 3.53. The number of anilines is 1. The molecule has 0 saturated carbocycles. The normalized spacial score (nSPS) is 10.3. The molecule has 0 spiro atoms. The first kappa shape index (κ1) is 17.6. The summed E-state index contributed by atoms with van der Waals surface area (Å²) in [5.41, 5.74) is 1.91. The van der Waals surface area contributed by atoms with Crippen molar-refractivity contribution in [2.45, 2.75) is 6.92 Å². The van der Waals surface area contributed by atoms with E-state index in [0.717, 1.165) is 5.56 Å². The second kappa shape index (κ2) is 7.75. The third kappa shape index (κ3) is 4.04. The Bertz CT molecular complexity index is 920. The van der Waals surface area contributed by atoms with E-state index < -0.39 is 4.92 Å². The molecule has 1 aromatic heterocycles. The number of nitro benzene ring substituents is 1. The van der Waals surface area contributed by atoms with Crippen LogP contribution < -0.4 is 10.1 Å². The number of hydrogen-bond acceptors (Lipinski definition) is 6. The van der Waals surface area contributed by atoms with Crippen molar-refractivity contribution in [2.75, 3.05) is 11.9 Å². The molecule has 26 heavy (non-hydrogen) atoms. The van der Waals surface area contributed by atoms with Gasteiger partial charge in [0.15, 0.2) is 5.13 Å². The molecule has 0 radical (unpaired) electrons. The highest BCUT2D eigenvalue weighted by Crippen LogP contribution is 2.26. The number of nitrogens with zero attached hydrogens (tertiary/aromatic N) is 2. The van der Waals surface area contributed by atoms with Crippen molar-refractivity contribution >= 4 is 28.1 Å². The van der Waals surface area contributed by atoms with Crippen molar-refractivity contribution in [1.29, 1.82) is 0 Å². The van der Waals surface area contributed by atoms with Crippen molar-refractivity contribution in [2.24, 2.45) is 0 Å². The average molecular weight is 369 g/mol. The number of amides is 1. The molecule has 0 aliphatic heterocycles. The van der Waals surface area contributed by atoms with Gasteiger partial charge in [0.05, 0.1) is 17.2 Å². The zero-order valence-corrected chi connectivity index (χ0v) is 14.7. The number of thiazole rings is 1. The van der Waals surface area contributed by atoms with Crippen LogP contribution in [-0.2, 0) is 0 Å². The number of aromatic nitrogens is 1. The Morgan fingerprint density at radius 2 is 1.88 bits per heavy atom. The Balaban J connectivity index is 1.69. The Labute approximate surface area is 153 Å². The summed E-state index contributed by atoms with van der Waals surface area (Å²) in [6.45, 7) is 2.46. The van der Waals surface area contributed by atoms with Crippen molar-refractivity contribution in [3.63, 3.8) is 0 Å². The predicted octanol–water partition coefficient (Wildman–Crippen LogP) is 4.37. The maximum atomic E-state index is 12.3. The van der Waals surface area contributed by atoms with Gasteiger partial charge >= 0.3 is 0 Å². The lowest BCUT2D eigenvalue weighted by molar-refractivity contribution is -0.384. The van der Waals surface area contributed by atoms with Crippen LogP contribution in [0.3, 0.4) is 0 Å². The van der Waals surface area contributed by atoms with Crippen LogP contribution in [0, 0.1) is 10.1 Å². The van der Waals surface area contributed by atoms with E-state index in [4.69, 9.17) is 4.74 Å². The highest BCUT2D eigenvalue weighted by atomic mass is 32.1. The second-order valence-electron chi connectivity index (χ2n) is 5.25. The quantitative estimate of drug-likeness (QED) is 0.514. The molecule has 0 fully saturated rings. The number of rotatable bonds is 6. The van der Waals surface area contributed by atoms with Gasteiger partial charge in [-0.25, -0.2) is 4.98 Å². The number of carbonyl (C=O) groups is 1. The summed E-state index contributed by atoms with van der Waals surface area (Å²) in [4.78, 5) is 26.9. The maximum Gasteiger partial charge on any atom is 0.269 e. The van der Waals surface area contributed by atoms with E-state index in [2.05, 4.69) is 10.3 Å². The van der Waals surface area contributed by atoms with Gasteiger partial charge in [0, 0.05) is 28.6 Å². The summed E-state index contributed by atoms with van der Waals surface area (Å²) in [5, 5.41) is 15.7. The molecule has 0 saturated heterocycles. The molecule has 0 bridgehead atoms. The van der Waals surface area contributed by atoms with Gasteiger partial charge in [0.1, 0.15) is 5.75 Å². The minimum Gasteiger partial charge on any atom is -0.494 e. The van der Waals surface area contributed by atoms with Crippen molar-refractivity contribution < 1.29 is 14.5 Å². The number of benzene rings is 2. The van der Waals surface area contributed by atoms with Crippen LogP contribution in [0.1, 0.15) is 17.3 Å². The molecule has 1 N–H and O–H groups in total. The van der Waals surface area contributed by atoms with Gasteiger partial charge in [-0.05, 0) is 43.3 Å². The highest BCUT2D eigenvalue weighted by Gasteiger charge is 2.11. The minimum atomic E-state index is -0.451. The number of carbonyl (C=O) groups excluding carboxylic acids is 1. The number of nitro groups is 1. The monoisotopic (exact) mass is 369 g/mol. The van der Waals surface area contributed by atoms with Crippen LogP contribution in [-0.4, -0.2) is 22.4 Å². The Morgan fingerprint density at radius 1 is 1.19 bits per heavy atom. The van der Waals surface area contributed by atoms with Crippen LogP contribution in [0.2, 0.25) is 0 Å². The highest BCUT2D eigenvalue weighted by molar-refractivity contribution is 7.14. The average Bonchev–Trinajstić information content (AvgIpc) is 3.11. The van der Waals surface area contributed by atoms with E-state index in [0.29, 0.717) is 28.7 Å². The number of hydrogen-bond donors (Lipinski definition) is 1. The predicted molar refractivity (Wildman–Crippen MR) is 99.8 cm³/mol. The summed E-state index contributed by atoms with van der Waals surface area (Å²) < 4.78 is 5.35. The van der Waals surface area contributed by atoms with E-state index >= 15 is 0 Å². The summed E-state index contributed by atoms with van der Waals surface area (Å²) in [5.74, 6) is 0.441. The lowest BCUT2D eigenvalue weighted by Crippen LogP contribution is -2.11. The molecular weight excluding hydrogens is 354 g/mol. The molecule has 0 aliphatic carbocycles. The standard InChI is InChI=1S/C18H15N3O4S/c1-2-25-15-9-5-13(6-10-15)17(22)20-18-19-16(11-26-18)12-3-7-14(8-4-12)21(23)24/h3-11H,2H2,1H3,(H,19,20,22). The fraction of sp³-hybridized carbons (Fsp3) is 0.111. The number of nitrogens with one attached hydrogen (secondary N) is 1. The molecule has 7 nitrogen and oxygen atoms in total. The van der Waals surface area contributed by atoms with Crippen molar-refractivity contribution in [1.82, 2.24) is 4.98 Å². The van der Waals surface area contributed by atoms with Gasteiger partial charge in [0.25, 0.3) is 11.6 Å². The Hall–Kier alpha value is -3.26. The number of non-ortho nitro benzene ring substituents is 1. The lowest BCUT2D eigenvalue weighted by Gasteiger charge is -2.04. The molecule has 0 aliphatic rings. The lowest BCUT2D eigenvalue weighted by atomic mass is 10.1. The Kier molecular flexibility index (Phi) is 5.23. The van der Waals surface area contributed by atoms with Gasteiger partial charge < -0.3 is 4.74 Å². The van der Waals surface area contributed by atoms with Crippen LogP contribution in [0.15, 0.2) is 53.9 Å². The van der Waals surface area contributed by atoms with E-state index in [1.54, 1.807) is 41.8 Å². The molecule has 1 amide bonds. The molecular formula is C18H15N3O4S. The number of ether oxygens (including phenoxy) is 1. The summed E-state index contributed by atoms with van der Waals surface area (Å²) >= 11 is 1.29. The van der Waals surface area contributed by atoms with Gasteiger partial charge in [-0.3, -0.25) is 20.2 Å². The van der Waals surface area contributed by atoms with E-state index in [1.165, 1.54) is 23.5 Å². The smallest absolute Gasteiger partial charge is 0.269 e. The van der Waals surface area contributed by atoms with E-state index in [9.17, 15) is 14.9 Å². The molecule has 1 heterocycles. The summed E-state index contributed by atoms with van der Waals surface area (Å²) in [6.07, 6.45) is 0. The van der Waals surface area contributed by atoms with E-state index in [1.807, 2.05) is 6.92 Å². The van der Waals surface area contributed by atoms with Crippen LogP contribution in [0.4, 0.5) is 10.8 Å². The summed E-state index contributed by atoms with van der Waals surface area (Å²) in [7, 11) is 0. The first-order valence-corrected chi connectivity index (χ1v) is 8.69. The molecule has 8 heteroatoms. The van der Waals surface area contributed by atoms with Gasteiger partial charge in [-0.1, -0.05) is 0 Å². The molecule has 3 rings (SSSR count). The SMILES string of the molecule is CCOc1ccc(C(=O)Nc2nc(-c3ccc([N+](=O)[O-])cc3)cs2)cc1. The van der Waals surface area contributed by atoms with Gasteiger partial charge in [0.2, 0.25) is 0 Å². The van der Waals surface area contributed by atoms with Crippen LogP contribution >= 0.6 is 11.3 Å². The van der Waals surface area contributed by atoms with Crippen molar-refractivity contribution in [3.8, 4) is 17.0 Å². The first-order valence-electron chi connectivity index (χ1n) is 7.81. The zero-order chi connectivity index (χ0) is 18.5. The largest absolute Gasteiger partial charge is 0.494 e. The topological polar surface area (TPSA) is 94.4 Å². The molecule has 132 valence electrons. The van der Waals surface area contributed by atoms with Crippen LogP contribution in [0.5, 0.6) is 5.75 Å². The molecule has 0 unspecified atom stereocenters. The molecule has 3 aromatic rings. The summed E-state index contributed by atoms with van der Waals surface area (Å²) in [6, 6.07) is 13.0. The Morgan fingerprint density at radius 3 is 2.50 bits per heavy atom. The second-order valence-corrected chi connectivity index (χ2v) is 6.11. The third-order valence-corrected chi connectivity index (χ3v) is 4.28. The van der Waals surface area contributed by atoms with Crippen molar-refractivity contribution in [3.05, 3.63) is 69.6 Å². The van der Waals surface area contributed by atoms with E-state index in [-0.39, 0.29) is 11.6 Å². The zero-order valence-electron chi connectivity index (χ0n) is 13.8. The van der Waals surface area contributed by atoms with Crippen LogP contribution in [0.25, 0.3) is 11.3 Å². The van der Waals surface area contributed by atoms with Gasteiger partial charge in [-0.15, -0.1) is 11.3 Å². The van der Waals surface area contributed by atoms with Gasteiger partial charge in [-0.2, -0.15) is 0 Å². The fourth-order valence-corrected chi connectivity index (χ4v) is 2.97. The minimum absolute atomic E-state index is 0.0213. The maximum absolute atomic E-state index is 12.3. The molecule has 0 atom stereocenters. The first-order chi connectivity index (χ1) is 12.6. The fourth-order valence-electron chi connectivity index (χ4n) is 2.26.